The molecule has 2 amide bonds. The first-order valence-electron chi connectivity index (χ1n) is 9.45. The van der Waals surface area contributed by atoms with Gasteiger partial charge in [0.1, 0.15) is 0 Å². The number of nitrogens with one attached hydrogen (secondary N) is 2. The molecule has 0 bridgehead atoms. The number of nitrogens with zero attached hydrogens (tertiary/aromatic N) is 2. The van der Waals surface area contributed by atoms with Crippen molar-refractivity contribution in [2.75, 3.05) is 37.3 Å². The van der Waals surface area contributed by atoms with Gasteiger partial charge in [0.25, 0.3) is 0 Å². The van der Waals surface area contributed by atoms with Gasteiger partial charge >= 0.3 is 5.91 Å². The minimum absolute atomic E-state index is 0.112. The molecule has 1 aliphatic heterocycles. The Morgan fingerprint density at radius 2 is 1.71 bits per heavy atom. The summed E-state index contributed by atoms with van der Waals surface area (Å²) >= 11 is 0. The molecule has 6 heteroatoms. The van der Waals surface area contributed by atoms with Gasteiger partial charge in [-0.2, -0.15) is 5.26 Å². The Hall–Kier alpha value is -3.17. The predicted molar refractivity (Wildman–Crippen MR) is 109 cm³/mol. The minimum Gasteiger partial charge on any atom is -0.376 e. The first-order valence-corrected chi connectivity index (χ1v) is 9.45. The maximum absolute atomic E-state index is 12.9. The predicted octanol–water partition coefficient (Wildman–Crippen LogP) is 3.30. The molecule has 0 spiro atoms. The molecule has 28 heavy (non-hydrogen) atoms. The lowest BCUT2D eigenvalue weighted by Gasteiger charge is -2.26. The number of carbonyl (C=O) groups is 2. The van der Waals surface area contributed by atoms with Crippen LogP contribution in [0.1, 0.15) is 34.3 Å². The lowest BCUT2D eigenvalue weighted by atomic mass is 10.1. The van der Waals surface area contributed by atoms with Crippen LogP contribution in [0.2, 0.25) is 0 Å². The van der Waals surface area contributed by atoms with Gasteiger partial charge in [0.15, 0.2) is 0 Å². The molecule has 2 aromatic rings. The highest BCUT2D eigenvalue weighted by atomic mass is 16.2. The molecule has 2 aromatic carbocycles. The molecule has 0 saturated carbocycles. The molecule has 0 aliphatic carbocycles. The van der Waals surface area contributed by atoms with Crippen molar-refractivity contribution in [1.29, 1.82) is 5.26 Å². The SMILES string of the molecule is Cc1cc(NC(=O)CNc2ccc(C#N)cc2)ccc1C(=O)[N+]1(C)CCCC1. The van der Waals surface area contributed by atoms with E-state index in [9.17, 15) is 9.59 Å². The summed E-state index contributed by atoms with van der Waals surface area (Å²) in [6, 6.07) is 14.4. The quantitative estimate of drug-likeness (QED) is 0.784. The lowest BCUT2D eigenvalue weighted by Crippen LogP contribution is -2.46. The Balaban J connectivity index is 1.59. The molecular formula is C22H25N4O2+. The number of quaternary nitrogens is 1. The van der Waals surface area contributed by atoms with E-state index >= 15 is 0 Å². The first kappa shape index (κ1) is 19.6. The Labute approximate surface area is 165 Å². The van der Waals surface area contributed by atoms with Gasteiger partial charge in [0.2, 0.25) is 5.91 Å². The van der Waals surface area contributed by atoms with E-state index < -0.39 is 0 Å². The number of hydrogen-bond acceptors (Lipinski definition) is 4. The van der Waals surface area contributed by atoms with Gasteiger partial charge < -0.3 is 10.6 Å². The zero-order valence-corrected chi connectivity index (χ0v) is 16.3. The average Bonchev–Trinajstić information content (AvgIpc) is 3.14. The Morgan fingerprint density at radius 1 is 1.07 bits per heavy atom. The van der Waals surface area contributed by atoms with Crippen molar-refractivity contribution in [3.63, 3.8) is 0 Å². The van der Waals surface area contributed by atoms with E-state index in [1.54, 1.807) is 30.3 Å². The smallest absolute Gasteiger partial charge is 0.345 e. The molecule has 2 N–H and O–H groups in total. The van der Waals surface area contributed by atoms with Crippen LogP contribution in [-0.4, -0.2) is 43.0 Å². The monoisotopic (exact) mass is 377 g/mol. The summed E-state index contributed by atoms with van der Waals surface area (Å²) in [5.41, 5.74) is 3.61. The molecule has 0 unspecified atom stereocenters. The number of rotatable bonds is 5. The fraction of sp³-hybridized carbons (Fsp3) is 0.318. The van der Waals surface area contributed by atoms with Gasteiger partial charge in [-0.1, -0.05) is 0 Å². The normalized spacial score (nSPS) is 14.9. The van der Waals surface area contributed by atoms with Crippen LogP contribution in [0.5, 0.6) is 0 Å². The van der Waals surface area contributed by atoms with E-state index in [-0.39, 0.29) is 18.4 Å². The van der Waals surface area contributed by atoms with Crippen LogP contribution in [0.25, 0.3) is 0 Å². The molecule has 0 atom stereocenters. The second-order valence-electron chi connectivity index (χ2n) is 7.48. The van der Waals surface area contributed by atoms with Crippen molar-refractivity contribution < 1.29 is 14.1 Å². The summed E-state index contributed by atoms with van der Waals surface area (Å²) in [4.78, 5) is 25.1. The number of anilines is 2. The molecule has 6 nitrogen and oxygen atoms in total. The molecule has 0 aromatic heterocycles. The second-order valence-corrected chi connectivity index (χ2v) is 7.48. The molecule has 1 heterocycles. The highest BCUT2D eigenvalue weighted by Crippen LogP contribution is 2.24. The zero-order valence-electron chi connectivity index (χ0n) is 16.3. The first-order chi connectivity index (χ1) is 13.4. The molecule has 1 fully saturated rings. The number of carbonyl (C=O) groups excluding carboxylic acids is 2. The van der Waals surface area contributed by atoms with Crippen LogP contribution in [0.15, 0.2) is 42.5 Å². The van der Waals surface area contributed by atoms with Crippen LogP contribution in [-0.2, 0) is 4.79 Å². The number of benzene rings is 2. The number of hydrogen-bond donors (Lipinski definition) is 2. The number of likely N-dealkylation sites (tertiary alicyclic amines) is 1. The van der Waals surface area contributed by atoms with Crippen molar-refractivity contribution >= 4 is 23.2 Å². The van der Waals surface area contributed by atoms with Crippen molar-refractivity contribution in [3.8, 4) is 6.07 Å². The summed E-state index contributed by atoms with van der Waals surface area (Å²) in [6.07, 6.45) is 2.17. The summed E-state index contributed by atoms with van der Waals surface area (Å²) < 4.78 is 0.459. The molecule has 3 rings (SSSR count). The van der Waals surface area contributed by atoms with Gasteiger partial charge in [-0.25, -0.2) is 4.79 Å². The second kappa shape index (κ2) is 8.24. The third-order valence-electron chi connectivity index (χ3n) is 5.25. The standard InChI is InChI=1S/C22H24N4O2/c1-16-13-19(9-10-20(16)22(28)26(2)11-3-4-12-26)25-21(27)15-24-18-7-5-17(14-23)6-8-18/h5-10,13,24H,3-4,11-12,15H2,1-2H3/p+1. The Morgan fingerprint density at radius 3 is 2.32 bits per heavy atom. The fourth-order valence-corrected chi connectivity index (χ4v) is 3.56. The summed E-state index contributed by atoms with van der Waals surface area (Å²) in [7, 11) is 2.00. The maximum Gasteiger partial charge on any atom is 0.345 e. The van der Waals surface area contributed by atoms with Gasteiger partial charge in [-0.05, 0) is 55.0 Å². The lowest BCUT2D eigenvalue weighted by molar-refractivity contribution is -0.815. The largest absolute Gasteiger partial charge is 0.376 e. The van der Waals surface area contributed by atoms with Gasteiger partial charge in [-0.3, -0.25) is 9.28 Å². The maximum atomic E-state index is 12.9. The van der Waals surface area contributed by atoms with Gasteiger partial charge in [0.05, 0.1) is 43.9 Å². The highest BCUT2D eigenvalue weighted by molar-refractivity contribution is 5.95. The summed E-state index contributed by atoms with van der Waals surface area (Å²) in [6.45, 7) is 3.79. The van der Waals surface area contributed by atoms with Crippen LogP contribution in [0.4, 0.5) is 11.4 Å². The van der Waals surface area contributed by atoms with E-state index in [4.69, 9.17) is 5.26 Å². The van der Waals surface area contributed by atoms with Crippen LogP contribution in [0.3, 0.4) is 0 Å². The van der Waals surface area contributed by atoms with E-state index in [0.29, 0.717) is 15.7 Å². The topological polar surface area (TPSA) is 82.0 Å². The van der Waals surface area contributed by atoms with E-state index in [1.807, 2.05) is 26.1 Å². The molecule has 1 aliphatic rings. The van der Waals surface area contributed by atoms with E-state index in [2.05, 4.69) is 16.7 Å². The number of nitriles is 1. The van der Waals surface area contributed by atoms with Crippen molar-refractivity contribution in [2.24, 2.45) is 0 Å². The van der Waals surface area contributed by atoms with Crippen molar-refractivity contribution in [1.82, 2.24) is 0 Å². The van der Waals surface area contributed by atoms with Gasteiger partial charge in [-0.15, -0.1) is 0 Å². The average molecular weight is 377 g/mol. The van der Waals surface area contributed by atoms with Gasteiger partial charge in [0, 0.05) is 24.2 Å². The van der Waals surface area contributed by atoms with Crippen molar-refractivity contribution in [2.45, 2.75) is 19.8 Å². The number of aryl methyl sites for hydroxylation is 1. The Bertz CT molecular complexity index is 923. The number of amides is 2. The Kier molecular flexibility index (Phi) is 5.76. The third-order valence-corrected chi connectivity index (χ3v) is 5.25. The zero-order chi connectivity index (χ0) is 20.1. The van der Waals surface area contributed by atoms with Crippen LogP contribution >= 0.6 is 0 Å². The molecule has 0 radical (unpaired) electrons. The van der Waals surface area contributed by atoms with E-state index in [1.165, 1.54) is 0 Å². The van der Waals surface area contributed by atoms with Crippen LogP contribution in [0, 0.1) is 18.3 Å². The molecule has 144 valence electrons. The summed E-state index contributed by atoms with van der Waals surface area (Å²) in [5, 5.41) is 14.7. The highest BCUT2D eigenvalue weighted by Gasteiger charge is 2.36. The van der Waals surface area contributed by atoms with E-state index in [0.717, 1.165) is 42.7 Å². The third kappa shape index (κ3) is 4.38. The van der Waals surface area contributed by atoms with Crippen LogP contribution < -0.4 is 10.6 Å². The molecule has 1 saturated heterocycles. The fourth-order valence-electron chi connectivity index (χ4n) is 3.56. The van der Waals surface area contributed by atoms with Crippen molar-refractivity contribution in [3.05, 3.63) is 59.2 Å². The minimum atomic E-state index is -0.179. The molecular weight excluding hydrogens is 352 g/mol. The summed E-state index contributed by atoms with van der Waals surface area (Å²) in [5.74, 6) is -0.0308.